The average Bonchev–Trinajstić information content (AvgIpc) is 2.61. The number of carbonyl (C=O) groups excluding carboxylic acids is 1. The lowest BCUT2D eigenvalue weighted by molar-refractivity contribution is -0.133. The lowest BCUT2D eigenvalue weighted by Gasteiger charge is -2.34. The van der Waals surface area contributed by atoms with E-state index in [9.17, 15) is 9.59 Å². The Morgan fingerprint density at radius 1 is 1.44 bits per heavy atom. The Balaban J connectivity index is 1.69. The van der Waals surface area contributed by atoms with Crippen LogP contribution in [0, 0.1) is 12.8 Å². The summed E-state index contributed by atoms with van der Waals surface area (Å²) in [5.41, 5.74) is 7.61. The van der Waals surface area contributed by atoms with Crippen molar-refractivity contribution in [2.24, 2.45) is 11.7 Å². The number of aryl methyl sites for hydroxylation is 2. The zero-order valence-corrected chi connectivity index (χ0v) is 14.9. The topological polar surface area (TPSA) is 81.2 Å². The average molecular weight is 342 g/mol. The fraction of sp³-hybridized carbons (Fsp3) is 0.526. The number of amides is 1. The van der Waals surface area contributed by atoms with Gasteiger partial charge < -0.3 is 10.6 Å². The molecule has 134 valence electrons. The van der Waals surface area contributed by atoms with Crippen LogP contribution in [0.1, 0.15) is 31.7 Å². The van der Waals surface area contributed by atoms with Crippen LogP contribution in [0.3, 0.4) is 0 Å². The molecule has 0 saturated carbocycles. The first kappa shape index (κ1) is 17.6. The van der Waals surface area contributed by atoms with Crippen LogP contribution in [0.5, 0.6) is 0 Å². The van der Waals surface area contributed by atoms with Gasteiger partial charge in [0.25, 0.3) is 5.56 Å². The largest absolute Gasteiger partial charge is 0.342 e. The Bertz CT molecular complexity index is 828. The van der Waals surface area contributed by atoms with Crippen LogP contribution in [-0.2, 0) is 11.3 Å². The number of benzene rings is 1. The molecule has 1 aromatic heterocycles. The fourth-order valence-electron chi connectivity index (χ4n) is 3.54. The minimum atomic E-state index is -0.0893. The van der Waals surface area contributed by atoms with Crippen molar-refractivity contribution in [3.63, 3.8) is 0 Å². The number of nitrogens with two attached hydrogens (primary N) is 1. The van der Waals surface area contributed by atoms with Crippen LogP contribution < -0.4 is 11.3 Å². The molecule has 2 atom stereocenters. The van der Waals surface area contributed by atoms with Gasteiger partial charge in [-0.25, -0.2) is 4.98 Å². The van der Waals surface area contributed by atoms with Gasteiger partial charge in [-0.05, 0) is 44.2 Å². The first-order valence-corrected chi connectivity index (χ1v) is 8.95. The number of aromatic nitrogens is 2. The molecule has 2 aromatic rings. The van der Waals surface area contributed by atoms with E-state index < -0.39 is 0 Å². The minimum Gasteiger partial charge on any atom is -0.342 e. The second-order valence-corrected chi connectivity index (χ2v) is 7.07. The van der Waals surface area contributed by atoms with E-state index in [2.05, 4.69) is 4.98 Å². The molecule has 1 aliphatic heterocycles. The predicted molar refractivity (Wildman–Crippen MR) is 98.3 cm³/mol. The second-order valence-electron chi connectivity index (χ2n) is 7.07. The zero-order valence-electron chi connectivity index (χ0n) is 14.9. The summed E-state index contributed by atoms with van der Waals surface area (Å²) in [6.45, 7) is 5.80. The number of fused-ring (bicyclic) bond motifs is 1. The third-order valence-electron chi connectivity index (χ3n) is 5.18. The van der Waals surface area contributed by atoms with Crippen molar-refractivity contribution in [2.75, 3.05) is 13.1 Å². The lowest BCUT2D eigenvalue weighted by Crippen LogP contribution is -2.45. The van der Waals surface area contributed by atoms with Gasteiger partial charge in [0.05, 0.1) is 17.2 Å². The summed E-state index contributed by atoms with van der Waals surface area (Å²) in [6.07, 6.45) is 3.93. The van der Waals surface area contributed by atoms with Gasteiger partial charge in [0.2, 0.25) is 5.91 Å². The fourth-order valence-corrected chi connectivity index (χ4v) is 3.54. The van der Waals surface area contributed by atoms with Gasteiger partial charge in [-0.3, -0.25) is 14.2 Å². The Morgan fingerprint density at radius 3 is 3.00 bits per heavy atom. The summed E-state index contributed by atoms with van der Waals surface area (Å²) in [5, 5.41) is 0.602. The van der Waals surface area contributed by atoms with Crippen LogP contribution in [0.2, 0.25) is 0 Å². The number of rotatable bonds is 4. The highest BCUT2D eigenvalue weighted by Crippen LogP contribution is 2.19. The highest BCUT2D eigenvalue weighted by atomic mass is 16.2. The zero-order chi connectivity index (χ0) is 18.0. The van der Waals surface area contributed by atoms with Crippen molar-refractivity contribution in [3.8, 4) is 0 Å². The van der Waals surface area contributed by atoms with E-state index in [4.69, 9.17) is 5.73 Å². The van der Waals surface area contributed by atoms with Crippen molar-refractivity contribution in [3.05, 3.63) is 40.4 Å². The van der Waals surface area contributed by atoms with Crippen LogP contribution in [-0.4, -0.2) is 39.5 Å². The smallest absolute Gasteiger partial charge is 0.261 e. The molecular formula is C19H26N4O2. The second kappa shape index (κ2) is 7.35. The molecule has 1 aromatic carbocycles. The number of piperidine rings is 1. The van der Waals surface area contributed by atoms with Crippen molar-refractivity contribution in [1.82, 2.24) is 14.5 Å². The lowest BCUT2D eigenvalue weighted by atomic mass is 9.92. The third kappa shape index (κ3) is 3.74. The van der Waals surface area contributed by atoms with Crippen LogP contribution in [0.15, 0.2) is 29.3 Å². The number of nitrogens with zero attached hydrogens (tertiary/aromatic N) is 3. The number of likely N-dealkylation sites (tertiary alicyclic amines) is 1. The molecule has 1 amide bonds. The molecule has 0 aliphatic carbocycles. The van der Waals surface area contributed by atoms with Crippen LogP contribution in [0.4, 0.5) is 0 Å². The van der Waals surface area contributed by atoms with E-state index >= 15 is 0 Å². The SMILES string of the molecule is Cc1cccc2c(=O)n(CCC(=O)N3CCCC(C(C)N)C3)cnc12. The maximum atomic E-state index is 12.6. The summed E-state index contributed by atoms with van der Waals surface area (Å²) in [6, 6.07) is 5.69. The van der Waals surface area contributed by atoms with Crippen molar-refractivity contribution >= 4 is 16.8 Å². The highest BCUT2D eigenvalue weighted by Gasteiger charge is 2.25. The van der Waals surface area contributed by atoms with Crippen molar-refractivity contribution in [2.45, 2.75) is 45.7 Å². The molecule has 0 bridgehead atoms. The quantitative estimate of drug-likeness (QED) is 0.916. The highest BCUT2D eigenvalue weighted by molar-refractivity contribution is 5.80. The first-order valence-electron chi connectivity index (χ1n) is 8.95. The van der Waals surface area contributed by atoms with Gasteiger partial charge in [0, 0.05) is 32.1 Å². The predicted octanol–water partition coefficient (Wildman–Crippen LogP) is 1.68. The molecule has 0 radical (unpaired) electrons. The number of para-hydroxylation sites is 1. The van der Waals surface area contributed by atoms with E-state index in [0.717, 1.165) is 37.0 Å². The Kier molecular flexibility index (Phi) is 5.18. The molecule has 2 N–H and O–H groups in total. The Hall–Kier alpha value is -2.21. The molecule has 25 heavy (non-hydrogen) atoms. The standard InChI is InChI=1S/C19H26N4O2/c1-13-5-3-7-16-18(13)21-12-23(19(16)25)10-8-17(24)22-9-4-6-15(11-22)14(2)20/h3,5,7,12,14-15H,4,6,8-11,20H2,1-2H3. The molecule has 2 heterocycles. The minimum absolute atomic E-state index is 0.0848. The summed E-state index contributed by atoms with van der Waals surface area (Å²) in [4.78, 5) is 31.4. The van der Waals surface area contributed by atoms with E-state index in [1.54, 1.807) is 12.4 Å². The molecule has 6 nitrogen and oxygen atoms in total. The van der Waals surface area contributed by atoms with Crippen molar-refractivity contribution < 1.29 is 4.79 Å². The van der Waals surface area contributed by atoms with Crippen molar-refractivity contribution in [1.29, 1.82) is 0 Å². The summed E-state index contributed by atoms with van der Waals surface area (Å²) >= 11 is 0. The molecule has 1 aliphatic rings. The van der Waals surface area contributed by atoms with E-state index in [1.807, 2.05) is 30.9 Å². The van der Waals surface area contributed by atoms with Gasteiger partial charge in [0.15, 0.2) is 0 Å². The van der Waals surface area contributed by atoms with Gasteiger partial charge >= 0.3 is 0 Å². The maximum absolute atomic E-state index is 12.6. The Morgan fingerprint density at radius 2 is 2.24 bits per heavy atom. The van der Waals surface area contributed by atoms with E-state index in [0.29, 0.717) is 24.3 Å². The number of carbonyl (C=O) groups is 1. The third-order valence-corrected chi connectivity index (χ3v) is 5.18. The van der Waals surface area contributed by atoms with Gasteiger partial charge in [0.1, 0.15) is 0 Å². The van der Waals surface area contributed by atoms with Gasteiger partial charge in [-0.2, -0.15) is 0 Å². The normalized spacial score (nSPS) is 19.2. The van der Waals surface area contributed by atoms with Gasteiger partial charge in [-0.1, -0.05) is 12.1 Å². The van der Waals surface area contributed by atoms with Crippen LogP contribution in [0.25, 0.3) is 10.9 Å². The monoisotopic (exact) mass is 342 g/mol. The van der Waals surface area contributed by atoms with Crippen LogP contribution >= 0.6 is 0 Å². The number of hydrogen-bond acceptors (Lipinski definition) is 4. The molecule has 1 saturated heterocycles. The molecular weight excluding hydrogens is 316 g/mol. The van der Waals surface area contributed by atoms with E-state index in [1.165, 1.54) is 4.57 Å². The molecule has 0 spiro atoms. The molecule has 2 unspecified atom stereocenters. The number of hydrogen-bond donors (Lipinski definition) is 1. The summed E-state index contributed by atoms with van der Waals surface area (Å²) < 4.78 is 1.53. The maximum Gasteiger partial charge on any atom is 0.261 e. The van der Waals surface area contributed by atoms with E-state index in [-0.39, 0.29) is 17.5 Å². The van der Waals surface area contributed by atoms with Gasteiger partial charge in [-0.15, -0.1) is 0 Å². The molecule has 1 fully saturated rings. The Labute approximate surface area is 147 Å². The molecule has 6 heteroatoms. The first-order chi connectivity index (χ1) is 12.0. The summed E-state index contributed by atoms with van der Waals surface area (Å²) in [5.74, 6) is 0.451. The summed E-state index contributed by atoms with van der Waals surface area (Å²) in [7, 11) is 0. The molecule has 3 rings (SSSR count).